The topological polar surface area (TPSA) is 103 Å². The van der Waals surface area contributed by atoms with E-state index >= 15 is 0 Å². The number of carbonyl (C=O) groups excluding carboxylic acids is 1. The van der Waals surface area contributed by atoms with Gasteiger partial charge in [0.1, 0.15) is 5.82 Å². The van der Waals surface area contributed by atoms with Gasteiger partial charge in [-0.3, -0.25) is 9.59 Å². The van der Waals surface area contributed by atoms with Crippen LogP contribution in [0.3, 0.4) is 0 Å². The van der Waals surface area contributed by atoms with E-state index in [2.05, 4.69) is 4.98 Å². The van der Waals surface area contributed by atoms with Crippen molar-refractivity contribution in [1.29, 1.82) is 0 Å². The zero-order valence-corrected chi connectivity index (χ0v) is 18.5. The molecule has 3 heterocycles. The number of nitrogens with zero attached hydrogens (tertiary/aromatic N) is 3. The van der Waals surface area contributed by atoms with Gasteiger partial charge in [-0.25, -0.2) is 13.4 Å². The van der Waals surface area contributed by atoms with E-state index in [0.29, 0.717) is 36.6 Å². The second-order valence-electron chi connectivity index (χ2n) is 8.74. The molecule has 1 saturated carbocycles. The Bertz CT molecular complexity index is 952. The molecule has 4 rings (SSSR count). The number of aromatic nitrogens is 2. The lowest BCUT2D eigenvalue weighted by atomic mass is 9.87. The molecule has 9 heteroatoms. The number of rotatable bonds is 4. The molecular formula is C21H32N4O4S. The second-order valence-corrected chi connectivity index (χ2v) is 11.0. The minimum absolute atomic E-state index is 0.0324. The van der Waals surface area contributed by atoms with Gasteiger partial charge in [-0.1, -0.05) is 19.3 Å². The maximum absolute atomic E-state index is 13.3. The molecule has 3 aliphatic rings. The summed E-state index contributed by atoms with van der Waals surface area (Å²) in [5.41, 5.74) is 0.911. The van der Waals surface area contributed by atoms with E-state index in [4.69, 9.17) is 4.98 Å². The summed E-state index contributed by atoms with van der Waals surface area (Å²) in [5.74, 6) is 0.812. The van der Waals surface area contributed by atoms with E-state index in [1.165, 1.54) is 10.7 Å². The summed E-state index contributed by atoms with van der Waals surface area (Å²) in [6, 6.07) is -0.232. The molecule has 2 aliphatic heterocycles. The van der Waals surface area contributed by atoms with E-state index in [1.54, 1.807) is 6.92 Å². The van der Waals surface area contributed by atoms with E-state index in [1.807, 2.05) is 4.90 Å². The van der Waals surface area contributed by atoms with Gasteiger partial charge in [0.25, 0.3) is 5.56 Å². The van der Waals surface area contributed by atoms with Gasteiger partial charge in [0.15, 0.2) is 0 Å². The van der Waals surface area contributed by atoms with Crippen molar-refractivity contribution in [2.45, 2.75) is 77.3 Å². The van der Waals surface area contributed by atoms with Crippen LogP contribution in [0.4, 0.5) is 0 Å². The Morgan fingerprint density at radius 2 is 1.83 bits per heavy atom. The molecule has 0 spiro atoms. The van der Waals surface area contributed by atoms with Gasteiger partial charge in [-0.05, 0) is 45.4 Å². The van der Waals surface area contributed by atoms with Gasteiger partial charge in [0, 0.05) is 24.6 Å². The third-order valence-electron chi connectivity index (χ3n) is 6.87. The maximum Gasteiger partial charge on any atom is 0.254 e. The Balaban J connectivity index is 1.62. The molecule has 1 aliphatic carbocycles. The number of fused-ring (bicyclic) bond motifs is 1. The lowest BCUT2D eigenvalue weighted by molar-refractivity contribution is -0.140. The number of piperidine rings is 1. The Morgan fingerprint density at radius 1 is 1.10 bits per heavy atom. The molecule has 0 bridgehead atoms. The van der Waals surface area contributed by atoms with Crippen LogP contribution >= 0.6 is 0 Å². The summed E-state index contributed by atoms with van der Waals surface area (Å²) < 4.78 is 26.0. The van der Waals surface area contributed by atoms with Crippen molar-refractivity contribution >= 4 is 15.9 Å². The highest BCUT2D eigenvalue weighted by molar-refractivity contribution is 7.89. The van der Waals surface area contributed by atoms with Gasteiger partial charge >= 0.3 is 0 Å². The minimum Gasteiger partial charge on any atom is -0.332 e. The van der Waals surface area contributed by atoms with Crippen LogP contribution in [0.2, 0.25) is 0 Å². The molecule has 0 aromatic carbocycles. The number of carbonyl (C=O) groups is 1. The van der Waals surface area contributed by atoms with Crippen molar-refractivity contribution in [3.05, 3.63) is 27.4 Å². The molecule has 1 aromatic rings. The van der Waals surface area contributed by atoms with Crippen LogP contribution in [0.1, 0.15) is 81.4 Å². The minimum atomic E-state index is -3.34. The summed E-state index contributed by atoms with van der Waals surface area (Å²) in [5, 5.41) is 0. The number of hydrogen-bond donors (Lipinski definition) is 1. The molecule has 30 heavy (non-hydrogen) atoms. The van der Waals surface area contributed by atoms with Gasteiger partial charge < -0.3 is 9.88 Å². The van der Waals surface area contributed by atoms with Crippen LogP contribution in [0.15, 0.2) is 4.79 Å². The average Bonchev–Trinajstić information content (AvgIpc) is 2.78. The summed E-state index contributed by atoms with van der Waals surface area (Å²) in [6.07, 6.45) is 8.38. The third kappa shape index (κ3) is 4.19. The monoisotopic (exact) mass is 436 g/mol. The van der Waals surface area contributed by atoms with Crippen LogP contribution < -0.4 is 5.56 Å². The zero-order chi connectivity index (χ0) is 21.3. The van der Waals surface area contributed by atoms with Gasteiger partial charge in [0.2, 0.25) is 15.9 Å². The number of aromatic amines is 1. The Kier molecular flexibility index (Phi) is 6.29. The molecule has 8 nitrogen and oxygen atoms in total. The zero-order valence-electron chi connectivity index (χ0n) is 17.7. The molecule has 0 radical (unpaired) electrons. The first kappa shape index (κ1) is 21.5. The number of amides is 1. The normalized spacial score (nSPS) is 23.9. The first-order chi connectivity index (χ1) is 14.4. The first-order valence-electron chi connectivity index (χ1n) is 11.3. The van der Waals surface area contributed by atoms with E-state index in [-0.39, 0.29) is 35.7 Å². The fourth-order valence-electron chi connectivity index (χ4n) is 5.08. The number of likely N-dealkylation sites (tertiary alicyclic amines) is 1. The molecular weight excluding hydrogens is 404 g/mol. The smallest absolute Gasteiger partial charge is 0.254 e. The Labute approximate surface area is 178 Å². The summed E-state index contributed by atoms with van der Waals surface area (Å²) in [7, 11) is -3.34. The molecule has 1 aromatic heterocycles. The van der Waals surface area contributed by atoms with Crippen molar-refractivity contribution in [3.8, 4) is 0 Å². The average molecular weight is 437 g/mol. The number of H-pyrrole nitrogens is 1. The lowest BCUT2D eigenvalue weighted by Gasteiger charge is -2.38. The van der Waals surface area contributed by atoms with Crippen LogP contribution in [0.5, 0.6) is 0 Å². The Hall–Kier alpha value is -1.74. The second kappa shape index (κ2) is 8.78. The number of sulfonamides is 1. The van der Waals surface area contributed by atoms with Crippen molar-refractivity contribution in [1.82, 2.24) is 19.2 Å². The van der Waals surface area contributed by atoms with E-state index in [0.717, 1.165) is 44.9 Å². The quantitative estimate of drug-likeness (QED) is 0.779. The molecule has 1 saturated heterocycles. The largest absolute Gasteiger partial charge is 0.332 e. The fraction of sp³-hybridized carbons (Fsp3) is 0.762. The predicted molar refractivity (Wildman–Crippen MR) is 113 cm³/mol. The van der Waals surface area contributed by atoms with Crippen molar-refractivity contribution in [2.75, 3.05) is 18.8 Å². The third-order valence-corrected chi connectivity index (χ3v) is 8.70. The molecule has 1 N–H and O–H groups in total. The predicted octanol–water partition coefficient (Wildman–Crippen LogP) is 2.11. The van der Waals surface area contributed by atoms with Crippen LogP contribution in [-0.2, 0) is 27.8 Å². The maximum atomic E-state index is 13.3. The van der Waals surface area contributed by atoms with Gasteiger partial charge in [-0.15, -0.1) is 0 Å². The van der Waals surface area contributed by atoms with Crippen LogP contribution in [0.25, 0.3) is 0 Å². The lowest BCUT2D eigenvalue weighted by Crippen LogP contribution is -2.44. The van der Waals surface area contributed by atoms with E-state index in [9.17, 15) is 18.0 Å². The summed E-state index contributed by atoms with van der Waals surface area (Å²) >= 11 is 0. The van der Waals surface area contributed by atoms with Crippen molar-refractivity contribution in [2.24, 2.45) is 5.92 Å². The first-order valence-corrected chi connectivity index (χ1v) is 12.9. The molecule has 2 fully saturated rings. The highest BCUT2D eigenvalue weighted by atomic mass is 32.2. The summed E-state index contributed by atoms with van der Waals surface area (Å²) in [4.78, 5) is 35.6. The van der Waals surface area contributed by atoms with Gasteiger partial charge in [-0.2, -0.15) is 4.31 Å². The standard InChI is InChI=1S/C21H32N4O4S/c1-2-30(28,29)24-13-11-16-17(14-24)22-19(23-20(16)26)18-10-6-7-12-25(18)21(27)15-8-4-3-5-9-15/h15,18H,2-14H2,1H3,(H,22,23,26)/t18-/m1/s1. The Morgan fingerprint density at radius 3 is 2.57 bits per heavy atom. The van der Waals surface area contributed by atoms with Crippen molar-refractivity contribution < 1.29 is 13.2 Å². The summed E-state index contributed by atoms with van der Waals surface area (Å²) in [6.45, 7) is 2.75. The van der Waals surface area contributed by atoms with Crippen molar-refractivity contribution in [3.63, 3.8) is 0 Å². The van der Waals surface area contributed by atoms with Crippen LogP contribution in [0, 0.1) is 5.92 Å². The highest BCUT2D eigenvalue weighted by Gasteiger charge is 2.35. The molecule has 166 valence electrons. The van der Waals surface area contributed by atoms with E-state index < -0.39 is 10.0 Å². The molecule has 1 amide bonds. The van der Waals surface area contributed by atoms with Crippen LogP contribution in [-0.4, -0.2) is 52.3 Å². The molecule has 1 atom stereocenters. The fourth-order valence-corrected chi connectivity index (χ4v) is 6.13. The number of nitrogens with one attached hydrogen (secondary N) is 1. The highest BCUT2D eigenvalue weighted by Crippen LogP contribution is 2.34. The number of hydrogen-bond acceptors (Lipinski definition) is 5. The molecule has 0 unspecified atom stereocenters. The van der Waals surface area contributed by atoms with Gasteiger partial charge in [0.05, 0.1) is 24.0 Å². The SMILES string of the molecule is CCS(=O)(=O)N1CCc2c(nc([C@H]3CCCCN3C(=O)C3CCCCC3)[nH]c2=O)C1.